The van der Waals surface area contributed by atoms with Crippen LogP contribution < -0.4 is 0 Å². The lowest BCUT2D eigenvalue weighted by atomic mass is 8.33. The molecule has 0 unspecified atom stereocenters. The van der Waals surface area contributed by atoms with E-state index in [-0.39, 0.29) is 0 Å². The third-order valence-corrected chi connectivity index (χ3v) is 5.11. The van der Waals surface area contributed by atoms with E-state index in [9.17, 15) is 0 Å². The van der Waals surface area contributed by atoms with Gasteiger partial charge in [0.1, 0.15) is 0 Å². The van der Waals surface area contributed by atoms with Crippen LogP contribution in [0.4, 0.5) is 0 Å². The molecule has 0 saturated heterocycles. The highest BCUT2D eigenvalue weighted by Crippen LogP contribution is 2.12. The number of hydrogen-bond donors (Lipinski definition) is 0. The van der Waals surface area contributed by atoms with Gasteiger partial charge in [0, 0.05) is 0 Å². The summed E-state index contributed by atoms with van der Waals surface area (Å²) in [6.07, 6.45) is -10.5. The molecule has 85 valence electrons. The van der Waals surface area contributed by atoms with Gasteiger partial charge in [-0.3, -0.25) is 7.06 Å². The van der Waals surface area contributed by atoms with Gasteiger partial charge < -0.3 is 37.3 Å². The summed E-state index contributed by atoms with van der Waals surface area (Å²) in [6, 6.07) is 0. The number of rotatable bonds is 12. The Labute approximate surface area is 191 Å². The first-order valence-corrected chi connectivity index (χ1v) is 8.67. The molecule has 0 N–H and O–H groups in total. The molecule has 0 saturated carbocycles. The molecule has 27 heavy (non-hydrogen) atoms. The van der Waals surface area contributed by atoms with Crippen molar-refractivity contribution in [3.63, 3.8) is 0 Å². The molecule has 0 amide bonds. The molecule has 0 aromatic heterocycles. The predicted octanol–water partition coefficient (Wildman–Crippen LogP) is -10.3. The summed E-state index contributed by atoms with van der Waals surface area (Å²) in [5.41, 5.74) is 0. The maximum atomic E-state index is 6.24. The second-order valence-corrected chi connectivity index (χ2v) is 7.12. The van der Waals surface area contributed by atoms with Crippen LogP contribution in [0.1, 0.15) is 0 Å². The van der Waals surface area contributed by atoms with Crippen molar-refractivity contribution >= 4 is 192 Å². The fraction of sp³-hybridized carbons (Fsp3) is 0. The molecule has 0 heterocycles. The van der Waals surface area contributed by atoms with Crippen LogP contribution in [0.3, 0.4) is 0 Å². The smallest absolute Gasteiger partial charge is 0.000000000184 e. The van der Waals surface area contributed by atoms with Crippen molar-refractivity contribution in [2.45, 2.75) is 0 Å². The van der Waals surface area contributed by atoms with Gasteiger partial charge in [-0.2, -0.15) is 0 Å². The predicted molar refractivity (Wildman–Crippen MR) is 155 cm³/mol. The molecule has 0 spiro atoms. The van der Waals surface area contributed by atoms with Crippen LogP contribution in [0, 0.1) is 0 Å². The SMILES string of the molecule is [B]B([B])B(B([B])[B])B(B(B([B])[B])B([B])[B])B(B([B])[B][B-])B(B([B])[B-])B([B-])[B-]. The van der Waals surface area contributed by atoms with Gasteiger partial charge in [-0.05, 0) is 135 Å². The summed E-state index contributed by atoms with van der Waals surface area (Å²) in [6.45, 7) is 0. The van der Waals surface area contributed by atoms with E-state index in [4.69, 9.17) is 108 Å². The van der Waals surface area contributed by atoms with Gasteiger partial charge in [-0.1, -0.05) is 0 Å². The average molecular weight is 292 g/mol. The second kappa shape index (κ2) is 13.2. The first-order valence-electron chi connectivity index (χ1n) is 8.67. The van der Waals surface area contributed by atoms with Gasteiger partial charge >= 0.3 is 0 Å². The molecular weight excluding hydrogens is 292 g/mol. The Morgan fingerprint density at radius 3 is 1.00 bits per heavy atom. The fourth-order valence-electron chi connectivity index (χ4n) is 3.98. The highest BCUT2D eigenvalue weighted by atomic mass is 13.3. The third-order valence-electron chi connectivity index (χ3n) is 5.11. The zero-order valence-corrected chi connectivity index (χ0v) is 15.6. The van der Waals surface area contributed by atoms with Crippen molar-refractivity contribution in [1.29, 1.82) is 0 Å². The Hall–Kier alpha value is 1.75. The quantitative estimate of drug-likeness (QED) is 0.313. The summed E-state index contributed by atoms with van der Waals surface area (Å²) in [4.78, 5) is 0. The van der Waals surface area contributed by atoms with Crippen LogP contribution in [0.2, 0.25) is 0 Å². The molecule has 0 aromatic carbocycles. The summed E-state index contributed by atoms with van der Waals surface area (Å²) < 4.78 is 0. The molecule has 0 aliphatic heterocycles. The Kier molecular flexibility index (Phi) is 14.1. The highest BCUT2D eigenvalue weighted by molar-refractivity contribution is 8.25. The zero-order chi connectivity index (χ0) is 21.6. The molecular formula is B27-4. The summed E-state index contributed by atoms with van der Waals surface area (Å²) in [7, 11) is 84.5. The number of hydrogen-bond acceptors (Lipinski definition) is 0. The van der Waals surface area contributed by atoms with Gasteiger partial charge in [0.05, 0.1) is 0 Å². The molecule has 0 aliphatic rings. The van der Waals surface area contributed by atoms with Gasteiger partial charge in [-0.25, -0.2) is 6.39 Å². The Balaban J connectivity index is 6.66. The molecule has 0 aliphatic carbocycles. The maximum Gasteiger partial charge on any atom is -0.000000000184 e. The average Bonchev–Trinajstić information content (AvgIpc) is 2.48. The molecule has 0 rings (SSSR count). The maximum absolute atomic E-state index is 6.24. The van der Waals surface area contributed by atoms with Crippen LogP contribution in [0.5, 0.6) is 0 Å². The monoisotopic (exact) mass is 297 g/mol. The lowest BCUT2D eigenvalue weighted by Crippen LogP contribution is -2.86. The molecule has 27 heteroatoms. The van der Waals surface area contributed by atoms with E-state index in [1.165, 1.54) is 7.06 Å². The van der Waals surface area contributed by atoms with E-state index < -0.39 is 76.6 Å². The summed E-state index contributed by atoms with van der Waals surface area (Å²) in [5.74, 6) is 0. The van der Waals surface area contributed by atoms with Crippen molar-refractivity contribution in [3.8, 4) is 0 Å². The van der Waals surface area contributed by atoms with Crippen LogP contribution in [0.15, 0.2) is 0 Å². The lowest BCUT2D eigenvalue weighted by Gasteiger charge is -2.59. The van der Waals surface area contributed by atoms with E-state index in [0.717, 1.165) is 0 Å². The zero-order valence-electron chi connectivity index (χ0n) is 15.6. The molecule has 0 atom stereocenters. The van der Waals surface area contributed by atoms with Crippen LogP contribution in [0.25, 0.3) is 0 Å². The first kappa shape index (κ1) is 28.8. The Bertz CT molecular complexity index is 329. The molecule has 0 fully saturated rings. The van der Waals surface area contributed by atoms with E-state index >= 15 is 0 Å². The molecule has 0 aromatic rings. The van der Waals surface area contributed by atoms with Crippen LogP contribution >= 0.6 is 0 Å². The molecule has 0 nitrogen and oxygen atoms in total. The van der Waals surface area contributed by atoms with E-state index in [0.29, 0.717) is 0 Å². The molecule has 33 radical (unpaired) electrons. The van der Waals surface area contributed by atoms with Gasteiger partial charge in [0.2, 0.25) is 0 Å². The minimum atomic E-state index is -0.994. The van der Waals surface area contributed by atoms with Crippen molar-refractivity contribution < 1.29 is 0 Å². The third kappa shape index (κ3) is 8.07. The largest absolute Gasteiger partial charge is 0.729 e. The lowest BCUT2D eigenvalue weighted by molar-refractivity contribution is 3.27. The minimum Gasteiger partial charge on any atom is -0.729 e. The van der Waals surface area contributed by atoms with Gasteiger partial charge in [0.15, 0.2) is 0 Å². The highest BCUT2D eigenvalue weighted by Gasteiger charge is 2.46. The van der Waals surface area contributed by atoms with Gasteiger partial charge in [-0.15, -0.1) is 6.39 Å². The van der Waals surface area contributed by atoms with E-state index in [2.05, 4.69) is 0 Å². The Morgan fingerprint density at radius 1 is 0.481 bits per heavy atom. The summed E-state index contributed by atoms with van der Waals surface area (Å²) >= 11 is 0. The standard InChI is InChI=1S/B27/c1-15-22(14)26(23(16(2)3)17(4)5)27(24(18(6)7)19(8)9)25(20(10)11)21(12)13/q-4. The van der Waals surface area contributed by atoms with E-state index in [1.54, 1.807) is 0 Å². The van der Waals surface area contributed by atoms with Crippen molar-refractivity contribution in [1.82, 2.24) is 0 Å². The fourth-order valence-corrected chi connectivity index (χ4v) is 3.98. The van der Waals surface area contributed by atoms with Crippen molar-refractivity contribution in [2.24, 2.45) is 0 Å². The Morgan fingerprint density at radius 2 is 0.815 bits per heavy atom. The van der Waals surface area contributed by atoms with E-state index in [1.807, 2.05) is 0 Å². The van der Waals surface area contributed by atoms with Crippen LogP contribution in [-0.4, -0.2) is 192 Å². The summed E-state index contributed by atoms with van der Waals surface area (Å²) in [5, 5.41) is 0. The van der Waals surface area contributed by atoms with Crippen LogP contribution in [-0.2, 0) is 0 Å². The second-order valence-electron chi connectivity index (χ2n) is 7.12. The normalized spacial score (nSPS) is 9.48. The first-order chi connectivity index (χ1) is 12.3. The molecule has 0 bridgehead atoms. The van der Waals surface area contributed by atoms with Gasteiger partial charge in [0.25, 0.3) is 0 Å². The van der Waals surface area contributed by atoms with Crippen molar-refractivity contribution in [2.75, 3.05) is 0 Å². The van der Waals surface area contributed by atoms with Crippen molar-refractivity contribution in [3.05, 3.63) is 0 Å². The minimum absolute atomic E-state index is 0.724. The topological polar surface area (TPSA) is 0 Å².